The Hall–Kier alpha value is -0.800. The molecule has 0 spiro atoms. The van der Waals surface area contributed by atoms with Crippen LogP contribution in [0.3, 0.4) is 0 Å². The molecule has 0 aliphatic carbocycles. The van der Waals surface area contributed by atoms with Gasteiger partial charge in [-0.2, -0.15) is 0 Å². The summed E-state index contributed by atoms with van der Waals surface area (Å²) < 4.78 is -0.0313. The maximum atomic E-state index is 10.9. The minimum absolute atomic E-state index is 0.0313. The van der Waals surface area contributed by atoms with Crippen molar-refractivity contribution in [2.24, 2.45) is 0 Å². The van der Waals surface area contributed by atoms with Gasteiger partial charge >= 0.3 is 0 Å². The van der Waals surface area contributed by atoms with Crippen LogP contribution in [0.25, 0.3) is 0 Å². The molecule has 0 fully saturated rings. The fourth-order valence-corrected chi connectivity index (χ4v) is 5.33. The van der Waals surface area contributed by atoms with E-state index >= 15 is 0 Å². The topological polar surface area (TPSA) is 20.2 Å². The smallest absolute Gasteiger partial charge is 0.123 e. The summed E-state index contributed by atoms with van der Waals surface area (Å²) in [6.07, 6.45) is 5.17. The third-order valence-corrected chi connectivity index (χ3v) is 6.56. The van der Waals surface area contributed by atoms with Crippen LogP contribution in [-0.2, 0) is 10.8 Å². The minimum atomic E-state index is -0.105. The molecule has 0 radical (unpaired) electrons. The number of benzene rings is 1. The molecule has 0 bridgehead atoms. The lowest BCUT2D eigenvalue weighted by Gasteiger charge is -2.30. The van der Waals surface area contributed by atoms with E-state index in [0.29, 0.717) is 5.75 Å². The van der Waals surface area contributed by atoms with Crippen LogP contribution in [0.5, 0.6) is 5.75 Å². The van der Waals surface area contributed by atoms with Crippen molar-refractivity contribution in [3.05, 3.63) is 46.9 Å². The molecule has 1 rings (SSSR count). The molecule has 0 saturated heterocycles. The molecule has 1 aromatic rings. The molecule has 0 unspecified atom stereocenters. The molecule has 1 nitrogen and oxygen atoms in total. The van der Waals surface area contributed by atoms with Crippen molar-refractivity contribution in [2.45, 2.75) is 88.5 Å². The molecule has 0 heterocycles. The maximum Gasteiger partial charge on any atom is 0.123 e. The Morgan fingerprint density at radius 1 is 1.00 bits per heavy atom. The number of aromatic hydroxyl groups is 1. The summed E-state index contributed by atoms with van der Waals surface area (Å²) in [5, 5.41) is 10.9. The number of phenols is 1. The van der Waals surface area contributed by atoms with Crippen LogP contribution in [0.1, 0.15) is 79.9 Å². The average Bonchev–Trinajstić information content (AvgIpc) is 2.45. The highest BCUT2D eigenvalue weighted by Crippen LogP contribution is 2.48. The van der Waals surface area contributed by atoms with Gasteiger partial charge in [0.25, 0.3) is 0 Å². The van der Waals surface area contributed by atoms with Gasteiger partial charge in [-0.15, -0.1) is 23.5 Å². The highest BCUT2D eigenvalue weighted by atomic mass is 32.2. The molecular weight excluding hydrogens is 356 g/mol. The largest absolute Gasteiger partial charge is 0.507 e. The van der Waals surface area contributed by atoms with E-state index < -0.39 is 0 Å². The Balaban J connectivity index is 3.36. The lowest BCUT2D eigenvalue weighted by Crippen LogP contribution is -2.18. The maximum absolute atomic E-state index is 10.9. The van der Waals surface area contributed by atoms with Crippen molar-refractivity contribution in [3.8, 4) is 5.75 Å². The highest BCUT2D eigenvalue weighted by Gasteiger charge is 2.29. The van der Waals surface area contributed by atoms with Gasteiger partial charge in [-0.1, -0.05) is 67.2 Å². The number of phenolic OH excluding ortho intramolecular Hbond substituents is 1. The Morgan fingerprint density at radius 2 is 1.46 bits per heavy atom. The third kappa shape index (κ3) is 6.42. The van der Waals surface area contributed by atoms with E-state index in [-0.39, 0.29) is 14.9 Å². The zero-order valence-corrected chi connectivity index (χ0v) is 19.6. The lowest BCUT2D eigenvalue weighted by molar-refractivity contribution is 0.422. The molecule has 0 saturated carbocycles. The van der Waals surface area contributed by atoms with Crippen LogP contribution < -0.4 is 0 Å². The van der Waals surface area contributed by atoms with Gasteiger partial charge in [-0.25, -0.2) is 0 Å². The minimum Gasteiger partial charge on any atom is -0.507 e. The van der Waals surface area contributed by atoms with Gasteiger partial charge < -0.3 is 5.11 Å². The van der Waals surface area contributed by atoms with E-state index in [9.17, 15) is 5.11 Å². The summed E-state index contributed by atoms with van der Waals surface area (Å²) in [6.45, 7) is 23.5. The van der Waals surface area contributed by atoms with E-state index in [4.69, 9.17) is 0 Å². The number of allylic oxidation sites excluding steroid dienone is 2. The van der Waals surface area contributed by atoms with Crippen molar-refractivity contribution in [3.63, 3.8) is 0 Å². The van der Waals surface area contributed by atoms with Crippen molar-refractivity contribution in [1.29, 1.82) is 0 Å². The first-order valence-corrected chi connectivity index (χ1v) is 10.9. The summed E-state index contributed by atoms with van der Waals surface area (Å²) in [5.41, 5.74) is 1.82. The predicted molar refractivity (Wildman–Crippen MR) is 122 cm³/mol. The number of rotatable bonds is 6. The second-order valence-electron chi connectivity index (χ2n) is 9.19. The molecule has 146 valence electrons. The van der Waals surface area contributed by atoms with Crippen molar-refractivity contribution in [2.75, 3.05) is 0 Å². The van der Waals surface area contributed by atoms with Gasteiger partial charge in [0.05, 0.1) is 4.08 Å². The fourth-order valence-electron chi connectivity index (χ4n) is 2.77. The van der Waals surface area contributed by atoms with Crippen molar-refractivity contribution < 1.29 is 5.11 Å². The monoisotopic (exact) mass is 392 g/mol. The molecule has 26 heavy (non-hydrogen) atoms. The normalized spacial score (nSPS) is 13.8. The van der Waals surface area contributed by atoms with Gasteiger partial charge in [0.2, 0.25) is 0 Å². The summed E-state index contributed by atoms with van der Waals surface area (Å²) >= 11 is 3.69. The van der Waals surface area contributed by atoms with E-state index in [2.05, 4.69) is 87.1 Å². The molecule has 3 heteroatoms. The Kier molecular flexibility index (Phi) is 7.58. The van der Waals surface area contributed by atoms with Crippen LogP contribution in [0.15, 0.2) is 40.7 Å². The molecule has 0 aliphatic rings. The van der Waals surface area contributed by atoms with E-state index in [1.54, 1.807) is 0 Å². The second kappa shape index (κ2) is 8.48. The molecule has 0 aliphatic heterocycles. The lowest BCUT2D eigenvalue weighted by atomic mass is 9.79. The first kappa shape index (κ1) is 23.2. The standard InChI is InChI=1S/C23H36OS2/c1-11-13-16(12-2)25-23(9,10)26-17-14-18(21(3,4)5)20(24)19(15-17)22(6,7)8/h12-15,24H,2,11H2,1,3-10H3/b16-13+. The van der Waals surface area contributed by atoms with Crippen LogP contribution >= 0.6 is 23.5 Å². The first-order chi connectivity index (χ1) is 11.7. The number of hydrogen-bond donors (Lipinski definition) is 1. The summed E-state index contributed by atoms with van der Waals surface area (Å²) in [6, 6.07) is 4.32. The van der Waals surface area contributed by atoms with E-state index in [1.807, 2.05) is 29.6 Å². The van der Waals surface area contributed by atoms with Gasteiger partial charge in [0, 0.05) is 20.9 Å². The van der Waals surface area contributed by atoms with Gasteiger partial charge in [-0.3, -0.25) is 0 Å². The molecule has 0 atom stereocenters. The van der Waals surface area contributed by atoms with Crippen LogP contribution in [-0.4, -0.2) is 9.19 Å². The summed E-state index contributed by atoms with van der Waals surface area (Å²) in [4.78, 5) is 2.42. The summed E-state index contributed by atoms with van der Waals surface area (Å²) in [5.74, 6) is 0.442. The second-order valence-corrected chi connectivity index (χ2v) is 12.8. The van der Waals surface area contributed by atoms with E-state index in [0.717, 1.165) is 17.5 Å². The SMILES string of the molecule is C=C/C(=C\CC)SC(C)(C)Sc1cc(C(C)(C)C)c(O)c(C(C)(C)C)c1. The molecule has 1 N–H and O–H groups in total. The van der Waals surface area contributed by atoms with Crippen molar-refractivity contribution in [1.82, 2.24) is 0 Å². The zero-order valence-electron chi connectivity index (χ0n) is 18.0. The van der Waals surface area contributed by atoms with Gasteiger partial charge in [0.15, 0.2) is 0 Å². The van der Waals surface area contributed by atoms with Crippen LogP contribution in [0.2, 0.25) is 0 Å². The Morgan fingerprint density at radius 3 is 1.81 bits per heavy atom. The number of hydrogen-bond acceptors (Lipinski definition) is 3. The molecule has 0 aromatic heterocycles. The quantitative estimate of drug-likeness (QED) is 0.300. The van der Waals surface area contributed by atoms with Crippen molar-refractivity contribution >= 4 is 23.5 Å². The highest BCUT2D eigenvalue weighted by molar-refractivity contribution is 8.20. The molecule has 0 amide bonds. The predicted octanol–water partition coefficient (Wildman–Crippen LogP) is 8.03. The Labute approximate surface area is 169 Å². The number of thioether (sulfide) groups is 2. The summed E-state index contributed by atoms with van der Waals surface area (Å²) in [7, 11) is 0. The molecule has 1 aromatic carbocycles. The van der Waals surface area contributed by atoms with Crippen LogP contribution in [0.4, 0.5) is 0 Å². The average molecular weight is 393 g/mol. The van der Waals surface area contributed by atoms with Crippen LogP contribution in [0, 0.1) is 0 Å². The molecular formula is C23H36OS2. The Bertz CT molecular complexity index is 635. The third-order valence-electron chi connectivity index (χ3n) is 4.03. The zero-order chi connectivity index (χ0) is 20.3. The van der Waals surface area contributed by atoms with Gasteiger partial charge in [-0.05, 0) is 43.2 Å². The fraction of sp³-hybridized carbons (Fsp3) is 0.565. The first-order valence-electron chi connectivity index (χ1n) is 9.30. The van der Waals surface area contributed by atoms with Gasteiger partial charge in [0.1, 0.15) is 5.75 Å². The van der Waals surface area contributed by atoms with E-state index in [1.165, 1.54) is 9.80 Å².